The normalized spacial score (nSPS) is 42.0. The summed E-state index contributed by atoms with van der Waals surface area (Å²) in [5.74, 6) is -0.184. The molecule has 0 bridgehead atoms. The minimum Gasteiger partial charge on any atom is -0.392 e. The van der Waals surface area contributed by atoms with E-state index in [1.54, 1.807) is 0 Å². The van der Waals surface area contributed by atoms with Crippen LogP contribution in [0.15, 0.2) is 0 Å². The first-order valence-electron chi connectivity index (χ1n) is 9.97. The van der Waals surface area contributed by atoms with Crippen molar-refractivity contribution in [2.24, 2.45) is 29.1 Å². The lowest BCUT2D eigenvalue weighted by Crippen LogP contribution is -2.58. The molecule has 0 saturated heterocycles. The summed E-state index contributed by atoms with van der Waals surface area (Å²) in [6.45, 7) is 6.19. The van der Waals surface area contributed by atoms with Gasteiger partial charge in [-0.25, -0.2) is 13.1 Å². The molecule has 0 spiro atoms. The van der Waals surface area contributed by atoms with E-state index in [1.165, 1.54) is 6.26 Å². The summed E-state index contributed by atoms with van der Waals surface area (Å²) in [6.07, 6.45) is 6.27. The number of nitrogens with one attached hydrogen (secondary N) is 2. The van der Waals surface area contributed by atoms with Crippen LogP contribution in [0.4, 0.5) is 0 Å². The van der Waals surface area contributed by atoms with Crippen molar-refractivity contribution in [1.82, 2.24) is 10.0 Å². The average Bonchev–Trinajstić information content (AvgIpc) is 3.33. The molecular formula is C19H34N2O4S. The Bertz CT molecular complexity index is 648. The van der Waals surface area contributed by atoms with E-state index >= 15 is 0 Å². The Morgan fingerprint density at radius 2 is 1.81 bits per heavy atom. The van der Waals surface area contributed by atoms with E-state index in [0.29, 0.717) is 6.04 Å². The quantitative estimate of drug-likeness (QED) is 0.669. The van der Waals surface area contributed by atoms with Gasteiger partial charge in [0.2, 0.25) is 15.9 Å². The Kier molecular flexibility index (Phi) is 5.45. The molecule has 1 amide bonds. The Labute approximate surface area is 157 Å². The molecule has 0 radical (unpaired) electrons. The van der Waals surface area contributed by atoms with Crippen LogP contribution in [0.5, 0.6) is 0 Å². The van der Waals surface area contributed by atoms with Gasteiger partial charge in [0.25, 0.3) is 0 Å². The Balaban J connectivity index is 1.75. The van der Waals surface area contributed by atoms with Crippen molar-refractivity contribution < 1.29 is 18.3 Å². The second-order valence-corrected chi connectivity index (χ2v) is 11.1. The minimum atomic E-state index is -3.28. The molecule has 0 unspecified atom stereocenters. The zero-order valence-electron chi connectivity index (χ0n) is 16.4. The predicted octanol–water partition coefficient (Wildman–Crippen LogP) is 1.64. The van der Waals surface area contributed by atoms with Gasteiger partial charge in [0.05, 0.1) is 12.4 Å². The van der Waals surface area contributed by atoms with Gasteiger partial charge in [-0.15, -0.1) is 0 Å². The number of rotatable bonds is 5. The highest BCUT2D eigenvalue weighted by Crippen LogP contribution is 2.55. The van der Waals surface area contributed by atoms with Crippen LogP contribution >= 0.6 is 0 Å². The van der Waals surface area contributed by atoms with Crippen LogP contribution in [-0.4, -0.2) is 43.9 Å². The molecule has 7 heteroatoms. The number of hydrogen-bond acceptors (Lipinski definition) is 4. The number of hydrogen-bond donors (Lipinski definition) is 3. The van der Waals surface area contributed by atoms with Crippen molar-refractivity contribution in [3.8, 4) is 0 Å². The summed E-state index contributed by atoms with van der Waals surface area (Å²) in [4.78, 5) is 12.5. The van der Waals surface area contributed by atoms with Crippen molar-refractivity contribution in [2.45, 2.75) is 77.5 Å². The van der Waals surface area contributed by atoms with Gasteiger partial charge in [-0.3, -0.25) is 4.79 Å². The van der Waals surface area contributed by atoms with Gasteiger partial charge >= 0.3 is 0 Å². The maximum Gasteiger partial charge on any atom is 0.223 e. The lowest BCUT2D eigenvalue weighted by Gasteiger charge is -2.56. The maximum absolute atomic E-state index is 12.5. The van der Waals surface area contributed by atoms with Crippen LogP contribution in [0, 0.1) is 29.1 Å². The molecule has 3 aliphatic rings. The van der Waals surface area contributed by atoms with E-state index in [-0.39, 0.29) is 41.0 Å². The summed E-state index contributed by atoms with van der Waals surface area (Å²) in [5, 5.41) is 14.3. The standard InChI is InChI=1S/C19H34N2O4S/c1-11(18(23)20-13-5-6-13)14-7-9-19(3)10-8-15(21-26(4,24)25)12(2)16(19)17(14)22/h11-17,21-22H,5-10H2,1-4H3,(H,20,23)/t11-,12+,14-,15-,16+,17-,19-/m0/s1. The number of fused-ring (bicyclic) bond motifs is 1. The molecule has 0 heterocycles. The SMILES string of the molecule is C[C@H]1[C@@H]2[C@@H](O)[C@H]([C@H](C)C(=O)NC3CC3)CC[C@@]2(C)CC[C@@H]1NS(C)(=O)=O. The molecule has 0 aliphatic heterocycles. The van der Waals surface area contributed by atoms with Crippen LogP contribution in [0.2, 0.25) is 0 Å². The topological polar surface area (TPSA) is 95.5 Å². The minimum absolute atomic E-state index is 0.00502. The number of aliphatic hydroxyl groups excluding tert-OH is 1. The fourth-order valence-electron chi connectivity index (χ4n) is 5.49. The third-order valence-corrected chi connectivity index (χ3v) is 7.96. The Hall–Kier alpha value is -0.660. The Morgan fingerprint density at radius 1 is 1.19 bits per heavy atom. The molecular weight excluding hydrogens is 352 g/mol. The van der Waals surface area contributed by atoms with E-state index in [1.807, 2.05) is 13.8 Å². The largest absolute Gasteiger partial charge is 0.392 e. The Morgan fingerprint density at radius 3 is 2.38 bits per heavy atom. The molecule has 26 heavy (non-hydrogen) atoms. The molecule has 3 N–H and O–H groups in total. The molecule has 0 aromatic rings. The number of carbonyl (C=O) groups excluding carboxylic acids is 1. The van der Waals surface area contributed by atoms with Crippen molar-refractivity contribution in [1.29, 1.82) is 0 Å². The van der Waals surface area contributed by atoms with Crippen LogP contribution in [0.25, 0.3) is 0 Å². The molecule has 0 aromatic carbocycles. The van der Waals surface area contributed by atoms with Gasteiger partial charge in [-0.2, -0.15) is 0 Å². The fraction of sp³-hybridized carbons (Fsp3) is 0.947. The molecule has 3 saturated carbocycles. The first-order valence-corrected chi connectivity index (χ1v) is 11.9. The lowest BCUT2D eigenvalue weighted by atomic mass is 9.52. The van der Waals surface area contributed by atoms with Gasteiger partial charge in [0.15, 0.2) is 0 Å². The summed E-state index contributed by atoms with van der Waals surface area (Å²) >= 11 is 0. The molecule has 7 atom stereocenters. The lowest BCUT2D eigenvalue weighted by molar-refractivity contribution is -0.141. The van der Waals surface area contributed by atoms with E-state index in [4.69, 9.17) is 0 Å². The summed E-state index contributed by atoms with van der Waals surface area (Å²) < 4.78 is 26.2. The number of carbonyl (C=O) groups is 1. The van der Waals surface area contributed by atoms with Crippen molar-refractivity contribution in [3.05, 3.63) is 0 Å². The first kappa shape index (κ1) is 20.1. The van der Waals surface area contributed by atoms with E-state index in [9.17, 15) is 18.3 Å². The third-order valence-electron chi connectivity index (χ3n) is 7.23. The van der Waals surface area contributed by atoms with Gasteiger partial charge in [-0.05, 0) is 61.7 Å². The van der Waals surface area contributed by atoms with Gasteiger partial charge in [0.1, 0.15) is 0 Å². The molecule has 3 fully saturated rings. The van der Waals surface area contributed by atoms with Gasteiger partial charge < -0.3 is 10.4 Å². The van der Waals surface area contributed by atoms with Gasteiger partial charge in [0, 0.05) is 18.0 Å². The fourth-order valence-corrected chi connectivity index (χ4v) is 6.37. The van der Waals surface area contributed by atoms with Crippen LogP contribution in [0.1, 0.15) is 59.3 Å². The highest BCUT2D eigenvalue weighted by atomic mass is 32.2. The predicted molar refractivity (Wildman–Crippen MR) is 101 cm³/mol. The van der Waals surface area contributed by atoms with Crippen molar-refractivity contribution in [2.75, 3.05) is 6.26 Å². The highest BCUT2D eigenvalue weighted by molar-refractivity contribution is 7.88. The van der Waals surface area contributed by atoms with Crippen molar-refractivity contribution >= 4 is 15.9 Å². The van der Waals surface area contributed by atoms with E-state index in [0.717, 1.165) is 38.5 Å². The highest BCUT2D eigenvalue weighted by Gasteiger charge is 2.54. The van der Waals surface area contributed by atoms with Crippen molar-refractivity contribution in [3.63, 3.8) is 0 Å². The number of amides is 1. The van der Waals surface area contributed by atoms with Crippen LogP contribution < -0.4 is 10.0 Å². The molecule has 3 rings (SSSR count). The summed E-state index contributed by atoms with van der Waals surface area (Å²) in [6, 6.07) is 0.181. The van der Waals surface area contributed by atoms with E-state index in [2.05, 4.69) is 17.0 Å². The second kappa shape index (κ2) is 7.06. The zero-order chi connectivity index (χ0) is 19.3. The number of sulfonamides is 1. The van der Waals surface area contributed by atoms with Crippen LogP contribution in [0.3, 0.4) is 0 Å². The van der Waals surface area contributed by atoms with E-state index < -0.39 is 16.1 Å². The molecule has 3 aliphatic carbocycles. The average molecular weight is 387 g/mol. The molecule has 6 nitrogen and oxygen atoms in total. The molecule has 150 valence electrons. The van der Waals surface area contributed by atoms with Gasteiger partial charge in [-0.1, -0.05) is 20.8 Å². The third kappa shape index (κ3) is 4.09. The summed E-state index contributed by atoms with van der Waals surface area (Å²) in [7, 11) is -3.28. The van der Waals surface area contributed by atoms with Crippen LogP contribution in [-0.2, 0) is 14.8 Å². The first-order chi connectivity index (χ1) is 12.0. The second-order valence-electron chi connectivity index (χ2n) is 9.34. The maximum atomic E-state index is 12.5. The smallest absolute Gasteiger partial charge is 0.223 e. The monoisotopic (exact) mass is 386 g/mol. The number of aliphatic hydroxyl groups is 1. The zero-order valence-corrected chi connectivity index (χ0v) is 17.2. The summed E-state index contributed by atoms with van der Waals surface area (Å²) in [5.41, 5.74) is 0.0116. The molecule has 0 aromatic heterocycles.